The minimum absolute atomic E-state index is 0.737. The molecule has 1 unspecified atom stereocenters. The average Bonchev–Trinajstić information content (AvgIpc) is 3.00. The summed E-state index contributed by atoms with van der Waals surface area (Å²) >= 11 is 0. The van der Waals surface area contributed by atoms with Crippen LogP contribution in [0.2, 0.25) is 0 Å². The molecule has 15 heavy (non-hydrogen) atoms. The quantitative estimate of drug-likeness (QED) is 0.670. The zero-order valence-electron chi connectivity index (χ0n) is 10.7. The van der Waals surface area contributed by atoms with Crippen molar-refractivity contribution < 1.29 is 0 Å². The van der Waals surface area contributed by atoms with Crippen molar-refractivity contribution in [3.8, 4) is 0 Å². The number of hydrogen-bond acceptors (Lipinski definition) is 2. The van der Waals surface area contributed by atoms with Gasteiger partial charge in [-0.1, -0.05) is 20.8 Å². The molecule has 0 saturated heterocycles. The van der Waals surface area contributed by atoms with Crippen molar-refractivity contribution >= 4 is 0 Å². The van der Waals surface area contributed by atoms with Gasteiger partial charge in [0.15, 0.2) is 0 Å². The SMILES string of the molecule is CCC(CCN)N(CCC(C)C)C1CC1. The van der Waals surface area contributed by atoms with E-state index in [1.807, 2.05) is 0 Å². The molecule has 2 nitrogen and oxygen atoms in total. The highest BCUT2D eigenvalue weighted by Gasteiger charge is 2.32. The first-order chi connectivity index (χ1) is 7.19. The highest BCUT2D eigenvalue weighted by atomic mass is 15.2. The van der Waals surface area contributed by atoms with Gasteiger partial charge in [-0.05, 0) is 51.1 Å². The van der Waals surface area contributed by atoms with Gasteiger partial charge >= 0.3 is 0 Å². The molecule has 0 aliphatic heterocycles. The lowest BCUT2D eigenvalue weighted by Gasteiger charge is -2.31. The summed E-state index contributed by atoms with van der Waals surface area (Å²) in [6, 6.07) is 1.63. The number of rotatable bonds is 8. The largest absolute Gasteiger partial charge is 0.330 e. The molecule has 0 radical (unpaired) electrons. The fourth-order valence-corrected chi connectivity index (χ4v) is 2.27. The molecule has 0 spiro atoms. The molecular weight excluding hydrogens is 184 g/mol. The molecule has 2 N–H and O–H groups in total. The van der Waals surface area contributed by atoms with Gasteiger partial charge < -0.3 is 5.73 Å². The summed E-state index contributed by atoms with van der Waals surface area (Å²) in [6.45, 7) is 9.04. The van der Waals surface area contributed by atoms with E-state index in [2.05, 4.69) is 25.7 Å². The first-order valence-corrected chi connectivity index (χ1v) is 6.64. The molecule has 1 saturated carbocycles. The van der Waals surface area contributed by atoms with Crippen LogP contribution in [-0.4, -0.2) is 30.1 Å². The van der Waals surface area contributed by atoms with E-state index >= 15 is 0 Å². The third-order valence-electron chi connectivity index (χ3n) is 3.42. The lowest BCUT2D eigenvalue weighted by Crippen LogP contribution is -2.39. The Labute approximate surface area is 95.2 Å². The van der Waals surface area contributed by atoms with Crippen molar-refractivity contribution in [1.29, 1.82) is 0 Å². The molecule has 0 heterocycles. The van der Waals surface area contributed by atoms with E-state index in [4.69, 9.17) is 5.73 Å². The third-order valence-corrected chi connectivity index (χ3v) is 3.42. The van der Waals surface area contributed by atoms with Gasteiger partial charge in [-0.3, -0.25) is 4.90 Å². The number of hydrogen-bond donors (Lipinski definition) is 1. The predicted octanol–water partition coefficient (Wildman–Crippen LogP) is 2.62. The van der Waals surface area contributed by atoms with Gasteiger partial charge in [-0.2, -0.15) is 0 Å². The zero-order chi connectivity index (χ0) is 11.3. The van der Waals surface area contributed by atoms with E-state index in [1.165, 1.54) is 38.6 Å². The Morgan fingerprint density at radius 1 is 1.27 bits per heavy atom. The first kappa shape index (κ1) is 13.0. The van der Waals surface area contributed by atoms with Crippen LogP contribution in [0.3, 0.4) is 0 Å². The van der Waals surface area contributed by atoms with E-state index in [0.29, 0.717) is 0 Å². The van der Waals surface area contributed by atoms with E-state index in [1.54, 1.807) is 0 Å². The molecule has 0 amide bonds. The summed E-state index contributed by atoms with van der Waals surface area (Å²) in [5.41, 5.74) is 5.69. The topological polar surface area (TPSA) is 29.3 Å². The molecule has 0 bridgehead atoms. The molecular formula is C13H28N2. The molecule has 0 aromatic rings. The Kier molecular flexibility index (Phi) is 5.62. The number of nitrogens with two attached hydrogens (primary N) is 1. The van der Waals surface area contributed by atoms with Gasteiger partial charge in [0.05, 0.1) is 0 Å². The van der Waals surface area contributed by atoms with Gasteiger partial charge in [-0.15, -0.1) is 0 Å². The average molecular weight is 212 g/mol. The second-order valence-corrected chi connectivity index (χ2v) is 5.29. The fraction of sp³-hybridized carbons (Fsp3) is 1.00. The smallest absolute Gasteiger partial charge is 0.0108 e. The molecule has 0 aromatic carbocycles. The maximum absolute atomic E-state index is 5.69. The van der Waals surface area contributed by atoms with Crippen molar-refractivity contribution in [1.82, 2.24) is 4.90 Å². The fourth-order valence-electron chi connectivity index (χ4n) is 2.27. The van der Waals surface area contributed by atoms with Crippen molar-refractivity contribution in [2.75, 3.05) is 13.1 Å². The highest BCUT2D eigenvalue weighted by molar-refractivity contribution is 4.88. The lowest BCUT2D eigenvalue weighted by molar-refractivity contribution is 0.164. The Balaban J connectivity index is 2.39. The summed E-state index contributed by atoms with van der Waals surface area (Å²) in [6.07, 6.45) is 6.59. The summed E-state index contributed by atoms with van der Waals surface area (Å²) < 4.78 is 0. The zero-order valence-corrected chi connectivity index (χ0v) is 10.7. The van der Waals surface area contributed by atoms with Gasteiger partial charge in [0, 0.05) is 12.1 Å². The van der Waals surface area contributed by atoms with Crippen LogP contribution in [0.25, 0.3) is 0 Å². The van der Waals surface area contributed by atoms with Crippen LogP contribution in [0.1, 0.15) is 52.9 Å². The van der Waals surface area contributed by atoms with Crippen LogP contribution in [0, 0.1) is 5.92 Å². The van der Waals surface area contributed by atoms with Crippen LogP contribution in [0.15, 0.2) is 0 Å². The normalized spacial score (nSPS) is 18.8. The lowest BCUT2D eigenvalue weighted by atomic mass is 10.1. The van der Waals surface area contributed by atoms with E-state index in [9.17, 15) is 0 Å². The minimum atomic E-state index is 0.737. The molecule has 1 fully saturated rings. The maximum Gasteiger partial charge on any atom is 0.0108 e. The van der Waals surface area contributed by atoms with Gasteiger partial charge in [0.2, 0.25) is 0 Å². The Morgan fingerprint density at radius 2 is 1.93 bits per heavy atom. The van der Waals surface area contributed by atoms with Crippen molar-refractivity contribution in [3.05, 3.63) is 0 Å². The number of nitrogens with zero attached hydrogens (tertiary/aromatic N) is 1. The second kappa shape index (κ2) is 6.49. The summed E-state index contributed by atoms with van der Waals surface area (Å²) in [5.74, 6) is 0.821. The van der Waals surface area contributed by atoms with E-state index in [0.717, 1.165) is 24.5 Å². The van der Waals surface area contributed by atoms with Crippen molar-refractivity contribution in [2.45, 2.75) is 65.0 Å². The van der Waals surface area contributed by atoms with Crippen molar-refractivity contribution in [3.63, 3.8) is 0 Å². The van der Waals surface area contributed by atoms with Crippen LogP contribution < -0.4 is 5.73 Å². The van der Waals surface area contributed by atoms with Crippen LogP contribution in [-0.2, 0) is 0 Å². The Bertz CT molecular complexity index is 164. The third kappa shape index (κ3) is 4.52. The molecule has 2 heteroatoms. The molecule has 1 aliphatic carbocycles. The van der Waals surface area contributed by atoms with E-state index in [-0.39, 0.29) is 0 Å². The van der Waals surface area contributed by atoms with E-state index < -0.39 is 0 Å². The van der Waals surface area contributed by atoms with Crippen molar-refractivity contribution in [2.24, 2.45) is 11.7 Å². The monoisotopic (exact) mass is 212 g/mol. The maximum atomic E-state index is 5.69. The predicted molar refractivity (Wildman–Crippen MR) is 66.9 cm³/mol. The summed E-state index contributed by atoms with van der Waals surface area (Å²) in [4.78, 5) is 2.73. The van der Waals surface area contributed by atoms with Crippen LogP contribution >= 0.6 is 0 Å². The van der Waals surface area contributed by atoms with Gasteiger partial charge in [0.1, 0.15) is 0 Å². The molecule has 0 aromatic heterocycles. The minimum Gasteiger partial charge on any atom is -0.330 e. The standard InChI is InChI=1S/C13H28N2/c1-4-12(7-9-14)15(13-5-6-13)10-8-11(2)3/h11-13H,4-10,14H2,1-3H3. The van der Waals surface area contributed by atoms with Gasteiger partial charge in [-0.25, -0.2) is 0 Å². The molecule has 1 aliphatic rings. The second-order valence-electron chi connectivity index (χ2n) is 5.29. The molecule has 1 rings (SSSR count). The summed E-state index contributed by atoms with van der Waals surface area (Å²) in [5, 5.41) is 0. The Morgan fingerprint density at radius 3 is 2.33 bits per heavy atom. The van der Waals surface area contributed by atoms with Gasteiger partial charge in [0.25, 0.3) is 0 Å². The van der Waals surface area contributed by atoms with Crippen LogP contribution in [0.4, 0.5) is 0 Å². The van der Waals surface area contributed by atoms with Crippen LogP contribution in [0.5, 0.6) is 0 Å². The molecule has 1 atom stereocenters. The highest BCUT2D eigenvalue weighted by Crippen LogP contribution is 2.30. The summed E-state index contributed by atoms with van der Waals surface area (Å²) in [7, 11) is 0. The first-order valence-electron chi connectivity index (χ1n) is 6.64. The Hall–Kier alpha value is -0.0800. The molecule has 90 valence electrons.